The predicted octanol–water partition coefficient (Wildman–Crippen LogP) is 1.82. The highest BCUT2D eigenvalue weighted by molar-refractivity contribution is 14.0. The number of hydrogen-bond acceptors (Lipinski definition) is 6. The van der Waals surface area contributed by atoms with Crippen LogP contribution in [0.4, 0.5) is 0 Å². The lowest BCUT2D eigenvalue weighted by atomic mass is 10.1. The van der Waals surface area contributed by atoms with Crippen molar-refractivity contribution in [2.24, 2.45) is 4.99 Å². The summed E-state index contributed by atoms with van der Waals surface area (Å²) in [6, 6.07) is 3.97. The maximum absolute atomic E-state index is 12.1. The number of benzene rings is 1. The van der Waals surface area contributed by atoms with Gasteiger partial charge in [0.15, 0.2) is 17.5 Å². The molecule has 1 saturated heterocycles. The van der Waals surface area contributed by atoms with Gasteiger partial charge in [0.05, 0.1) is 27.4 Å². The number of methoxy groups -OCH3 is 2. The van der Waals surface area contributed by atoms with Gasteiger partial charge in [-0.2, -0.15) is 0 Å². The number of nitrogens with one attached hydrogen (secondary N) is 1. The van der Waals surface area contributed by atoms with Crippen LogP contribution in [0.1, 0.15) is 17.5 Å². The van der Waals surface area contributed by atoms with Gasteiger partial charge in [0, 0.05) is 47.3 Å². The molecular formula is C23H40IN5O4. The van der Waals surface area contributed by atoms with Crippen LogP contribution >= 0.6 is 24.0 Å². The molecule has 1 amide bonds. The van der Waals surface area contributed by atoms with Crippen molar-refractivity contribution in [2.45, 2.75) is 19.9 Å². The first kappa shape index (κ1) is 29.2. The van der Waals surface area contributed by atoms with Crippen LogP contribution < -0.4 is 14.8 Å². The van der Waals surface area contributed by atoms with Crippen LogP contribution in [-0.4, -0.2) is 108 Å². The van der Waals surface area contributed by atoms with Gasteiger partial charge in [-0.3, -0.25) is 9.69 Å². The molecule has 0 unspecified atom stereocenters. The SMILES string of the molecule is COc1cc(C)c(CN(C)C(=NCC(=O)N(C)C)NCCCN2CCOCC2)cc1OC.I. The minimum atomic E-state index is -0.0340. The lowest BCUT2D eigenvalue weighted by Crippen LogP contribution is -2.42. The number of ether oxygens (including phenoxy) is 3. The summed E-state index contributed by atoms with van der Waals surface area (Å²) in [4.78, 5) is 22.7. The number of morpholine rings is 1. The molecule has 9 nitrogen and oxygen atoms in total. The van der Waals surface area contributed by atoms with E-state index in [0.717, 1.165) is 56.9 Å². The van der Waals surface area contributed by atoms with E-state index in [4.69, 9.17) is 14.2 Å². The molecule has 10 heteroatoms. The number of halogens is 1. The lowest BCUT2D eigenvalue weighted by Gasteiger charge is -2.27. The minimum absolute atomic E-state index is 0. The van der Waals surface area contributed by atoms with Crippen LogP contribution in [0.15, 0.2) is 17.1 Å². The summed E-state index contributed by atoms with van der Waals surface area (Å²) in [5, 5.41) is 3.44. The molecule has 1 aliphatic rings. The average molecular weight is 578 g/mol. The van der Waals surface area contributed by atoms with Crippen molar-refractivity contribution in [3.8, 4) is 11.5 Å². The number of carbonyl (C=O) groups is 1. The number of guanidine groups is 1. The molecule has 0 spiro atoms. The molecule has 1 aromatic carbocycles. The molecule has 0 bridgehead atoms. The van der Waals surface area contributed by atoms with Gasteiger partial charge in [0.2, 0.25) is 5.91 Å². The molecule has 0 radical (unpaired) electrons. The van der Waals surface area contributed by atoms with Gasteiger partial charge in [0.25, 0.3) is 0 Å². The van der Waals surface area contributed by atoms with Crippen LogP contribution in [0.2, 0.25) is 0 Å². The molecule has 1 heterocycles. The Morgan fingerprint density at radius 3 is 2.39 bits per heavy atom. The lowest BCUT2D eigenvalue weighted by molar-refractivity contribution is -0.127. The van der Waals surface area contributed by atoms with Gasteiger partial charge >= 0.3 is 0 Å². The number of nitrogens with zero attached hydrogens (tertiary/aromatic N) is 4. The molecule has 0 aliphatic carbocycles. The number of aryl methyl sites for hydroxylation is 1. The quantitative estimate of drug-likeness (QED) is 0.197. The second kappa shape index (κ2) is 15.2. The number of likely N-dealkylation sites (N-methyl/N-ethyl adjacent to an activating group) is 1. The van der Waals surface area contributed by atoms with E-state index in [-0.39, 0.29) is 36.4 Å². The van der Waals surface area contributed by atoms with Gasteiger partial charge in [-0.05, 0) is 43.1 Å². The molecule has 1 aliphatic heterocycles. The third-order valence-electron chi connectivity index (χ3n) is 5.51. The monoisotopic (exact) mass is 577 g/mol. The van der Waals surface area contributed by atoms with Crippen molar-refractivity contribution < 1.29 is 19.0 Å². The van der Waals surface area contributed by atoms with Gasteiger partial charge < -0.3 is 29.3 Å². The second-order valence-electron chi connectivity index (χ2n) is 8.15. The highest BCUT2D eigenvalue weighted by Gasteiger charge is 2.14. The fourth-order valence-electron chi connectivity index (χ4n) is 3.45. The van der Waals surface area contributed by atoms with Gasteiger partial charge in [-0.25, -0.2) is 4.99 Å². The molecule has 0 saturated carbocycles. The molecule has 1 fully saturated rings. The Morgan fingerprint density at radius 2 is 1.79 bits per heavy atom. The number of rotatable bonds is 10. The van der Waals surface area contributed by atoms with Crippen LogP contribution in [0.25, 0.3) is 0 Å². The van der Waals surface area contributed by atoms with Crippen LogP contribution in [-0.2, 0) is 16.1 Å². The standard InChI is InChI=1S/C23H39N5O4.HI/c1-18-14-20(30-5)21(31-6)15-19(18)17-27(4)23(25-16-22(29)26(2)3)24-8-7-9-28-10-12-32-13-11-28;/h14-15H,7-13,16-17H2,1-6H3,(H,24,25);1H. The molecule has 0 aromatic heterocycles. The summed E-state index contributed by atoms with van der Waals surface area (Å²) < 4.78 is 16.3. The Kier molecular flexibility index (Phi) is 13.4. The Morgan fingerprint density at radius 1 is 1.15 bits per heavy atom. The smallest absolute Gasteiger partial charge is 0.243 e. The summed E-state index contributed by atoms with van der Waals surface area (Å²) in [5.74, 6) is 2.08. The van der Waals surface area contributed by atoms with Crippen molar-refractivity contribution in [3.63, 3.8) is 0 Å². The van der Waals surface area contributed by atoms with Crippen molar-refractivity contribution in [2.75, 3.05) is 81.3 Å². The first-order valence-electron chi connectivity index (χ1n) is 11.1. The molecule has 2 rings (SSSR count). The van der Waals surface area contributed by atoms with E-state index in [1.807, 2.05) is 31.0 Å². The summed E-state index contributed by atoms with van der Waals surface area (Å²) >= 11 is 0. The van der Waals surface area contributed by atoms with Gasteiger partial charge in [-0.1, -0.05) is 0 Å². The van der Waals surface area contributed by atoms with Gasteiger partial charge in [0.1, 0.15) is 6.54 Å². The van der Waals surface area contributed by atoms with Crippen molar-refractivity contribution >= 4 is 35.8 Å². The third-order valence-corrected chi connectivity index (χ3v) is 5.51. The largest absolute Gasteiger partial charge is 0.493 e. The predicted molar refractivity (Wildman–Crippen MR) is 142 cm³/mol. The number of carbonyl (C=O) groups excluding carboxylic acids is 1. The van der Waals surface area contributed by atoms with Gasteiger partial charge in [-0.15, -0.1) is 24.0 Å². The zero-order valence-electron chi connectivity index (χ0n) is 20.8. The highest BCUT2D eigenvalue weighted by Crippen LogP contribution is 2.30. The van der Waals surface area contributed by atoms with E-state index in [1.165, 1.54) is 0 Å². The Labute approximate surface area is 215 Å². The normalized spacial score (nSPS) is 14.3. The van der Waals surface area contributed by atoms with E-state index >= 15 is 0 Å². The number of amides is 1. The molecule has 0 atom stereocenters. The van der Waals surface area contributed by atoms with Crippen molar-refractivity contribution in [1.29, 1.82) is 0 Å². The summed E-state index contributed by atoms with van der Waals surface area (Å²) in [6.07, 6.45) is 0.990. The van der Waals surface area contributed by atoms with Crippen molar-refractivity contribution in [1.82, 2.24) is 20.0 Å². The Hall–Kier alpha value is -1.79. The topological polar surface area (TPSA) is 78.9 Å². The van der Waals surface area contributed by atoms with E-state index in [9.17, 15) is 4.79 Å². The maximum Gasteiger partial charge on any atom is 0.243 e. The summed E-state index contributed by atoms with van der Waals surface area (Å²) in [7, 11) is 8.73. The molecule has 188 valence electrons. The first-order chi connectivity index (χ1) is 15.3. The fraction of sp³-hybridized carbons (Fsp3) is 0.652. The van der Waals surface area contributed by atoms with E-state index in [1.54, 1.807) is 33.2 Å². The zero-order chi connectivity index (χ0) is 23.5. The van der Waals surface area contributed by atoms with E-state index in [0.29, 0.717) is 24.0 Å². The maximum atomic E-state index is 12.1. The fourth-order valence-corrected chi connectivity index (χ4v) is 3.45. The zero-order valence-corrected chi connectivity index (χ0v) is 23.2. The van der Waals surface area contributed by atoms with Crippen LogP contribution in [0.5, 0.6) is 11.5 Å². The highest BCUT2D eigenvalue weighted by atomic mass is 127. The summed E-state index contributed by atoms with van der Waals surface area (Å²) in [6.45, 7) is 8.15. The van der Waals surface area contributed by atoms with Crippen LogP contribution in [0, 0.1) is 6.92 Å². The Balaban J connectivity index is 0.00000544. The van der Waals surface area contributed by atoms with Crippen molar-refractivity contribution in [3.05, 3.63) is 23.3 Å². The first-order valence-corrected chi connectivity index (χ1v) is 11.1. The Bertz CT molecular complexity index is 769. The average Bonchev–Trinajstić information content (AvgIpc) is 2.79. The van der Waals surface area contributed by atoms with E-state index < -0.39 is 0 Å². The van der Waals surface area contributed by atoms with Crippen LogP contribution in [0.3, 0.4) is 0 Å². The summed E-state index contributed by atoms with van der Waals surface area (Å²) in [5.41, 5.74) is 2.21. The molecular weight excluding hydrogens is 537 g/mol. The second-order valence-corrected chi connectivity index (χ2v) is 8.15. The number of aliphatic imine (C=N–C) groups is 1. The number of hydrogen-bond donors (Lipinski definition) is 1. The van der Waals surface area contributed by atoms with E-state index in [2.05, 4.69) is 15.2 Å². The minimum Gasteiger partial charge on any atom is -0.493 e. The molecule has 33 heavy (non-hydrogen) atoms. The third kappa shape index (κ3) is 9.54. The molecule has 1 aromatic rings. The molecule has 1 N–H and O–H groups in total.